The van der Waals surface area contributed by atoms with E-state index in [1.165, 1.54) is 25.7 Å². The SMILES string of the molecule is CCc1[nH]c(C(=O)O)nc1C1CCCCCC1. The van der Waals surface area contributed by atoms with Gasteiger partial charge < -0.3 is 10.1 Å². The van der Waals surface area contributed by atoms with Gasteiger partial charge in [-0.25, -0.2) is 9.78 Å². The number of H-pyrrole nitrogens is 1. The lowest BCUT2D eigenvalue weighted by molar-refractivity contribution is 0.0684. The van der Waals surface area contributed by atoms with Crippen LogP contribution in [0.2, 0.25) is 0 Å². The Balaban J connectivity index is 2.25. The van der Waals surface area contributed by atoms with E-state index in [1.807, 2.05) is 6.92 Å². The highest BCUT2D eigenvalue weighted by molar-refractivity contribution is 5.83. The van der Waals surface area contributed by atoms with Crippen molar-refractivity contribution in [3.63, 3.8) is 0 Å². The smallest absolute Gasteiger partial charge is 0.371 e. The van der Waals surface area contributed by atoms with E-state index >= 15 is 0 Å². The number of carboxylic acid groups (broad SMARTS) is 1. The van der Waals surface area contributed by atoms with E-state index in [2.05, 4.69) is 9.97 Å². The number of aromatic nitrogens is 2. The van der Waals surface area contributed by atoms with Crippen LogP contribution in [0.3, 0.4) is 0 Å². The highest BCUT2D eigenvalue weighted by Gasteiger charge is 2.22. The number of rotatable bonds is 3. The zero-order chi connectivity index (χ0) is 12.3. The molecular weight excluding hydrogens is 216 g/mol. The molecule has 0 spiro atoms. The van der Waals surface area contributed by atoms with Crippen LogP contribution in [0.1, 0.15) is 73.4 Å². The fourth-order valence-electron chi connectivity index (χ4n) is 2.68. The summed E-state index contributed by atoms with van der Waals surface area (Å²) in [5.74, 6) is -0.405. The molecule has 1 aromatic heterocycles. The Bertz CT molecular complexity index is 390. The van der Waals surface area contributed by atoms with Crippen LogP contribution in [0, 0.1) is 0 Å². The lowest BCUT2D eigenvalue weighted by Gasteiger charge is -2.12. The standard InChI is InChI=1S/C13H20N2O2/c1-2-10-11(15-12(14-10)13(16)17)9-7-5-3-4-6-8-9/h9H,2-8H2,1H3,(H,14,15)(H,16,17). The average Bonchev–Trinajstić information content (AvgIpc) is 2.57. The molecule has 1 heterocycles. The molecule has 94 valence electrons. The van der Waals surface area contributed by atoms with E-state index in [0.29, 0.717) is 5.92 Å². The predicted octanol–water partition coefficient (Wildman–Crippen LogP) is 3.11. The maximum Gasteiger partial charge on any atom is 0.371 e. The van der Waals surface area contributed by atoms with Gasteiger partial charge in [-0.05, 0) is 19.3 Å². The molecule has 1 aliphatic carbocycles. The number of carbonyl (C=O) groups is 1. The van der Waals surface area contributed by atoms with Gasteiger partial charge in [0.15, 0.2) is 0 Å². The molecule has 1 fully saturated rings. The van der Waals surface area contributed by atoms with Crippen molar-refractivity contribution in [3.8, 4) is 0 Å². The van der Waals surface area contributed by atoms with E-state index in [-0.39, 0.29) is 5.82 Å². The lowest BCUT2D eigenvalue weighted by atomic mass is 9.95. The van der Waals surface area contributed by atoms with Crippen molar-refractivity contribution in [2.75, 3.05) is 0 Å². The maximum absolute atomic E-state index is 10.9. The first kappa shape index (κ1) is 12.1. The Kier molecular flexibility index (Phi) is 3.82. The van der Waals surface area contributed by atoms with Gasteiger partial charge in [0.05, 0.1) is 5.69 Å². The first-order valence-corrected chi connectivity index (χ1v) is 6.54. The number of aryl methyl sites for hydroxylation is 1. The second-order valence-electron chi connectivity index (χ2n) is 4.80. The Morgan fingerprint density at radius 1 is 1.35 bits per heavy atom. The van der Waals surface area contributed by atoms with Crippen LogP contribution in [0.4, 0.5) is 0 Å². The molecule has 0 unspecified atom stereocenters. The van der Waals surface area contributed by atoms with Gasteiger partial charge in [-0.2, -0.15) is 0 Å². The van der Waals surface area contributed by atoms with Gasteiger partial charge in [0.2, 0.25) is 5.82 Å². The molecule has 1 aromatic rings. The number of imidazole rings is 1. The fourth-order valence-corrected chi connectivity index (χ4v) is 2.68. The summed E-state index contributed by atoms with van der Waals surface area (Å²) in [5, 5.41) is 8.98. The van der Waals surface area contributed by atoms with E-state index < -0.39 is 5.97 Å². The molecule has 0 atom stereocenters. The van der Waals surface area contributed by atoms with Crippen LogP contribution in [-0.4, -0.2) is 21.0 Å². The van der Waals surface area contributed by atoms with Crippen molar-refractivity contribution in [3.05, 3.63) is 17.2 Å². The minimum atomic E-state index is -0.959. The number of hydrogen-bond acceptors (Lipinski definition) is 2. The molecule has 0 bridgehead atoms. The third-order valence-electron chi connectivity index (χ3n) is 3.61. The Morgan fingerprint density at radius 2 is 2.00 bits per heavy atom. The fraction of sp³-hybridized carbons (Fsp3) is 0.692. The van der Waals surface area contributed by atoms with Gasteiger partial charge in [0.1, 0.15) is 0 Å². The molecule has 1 aliphatic rings. The highest BCUT2D eigenvalue weighted by Crippen LogP contribution is 2.32. The van der Waals surface area contributed by atoms with Crippen LogP contribution in [0.25, 0.3) is 0 Å². The van der Waals surface area contributed by atoms with Crippen LogP contribution < -0.4 is 0 Å². The third-order valence-corrected chi connectivity index (χ3v) is 3.61. The van der Waals surface area contributed by atoms with Crippen LogP contribution >= 0.6 is 0 Å². The molecule has 17 heavy (non-hydrogen) atoms. The molecule has 2 rings (SSSR count). The molecule has 0 aromatic carbocycles. The van der Waals surface area contributed by atoms with Crippen LogP contribution in [0.5, 0.6) is 0 Å². The number of carboxylic acids is 1. The highest BCUT2D eigenvalue weighted by atomic mass is 16.4. The molecule has 2 N–H and O–H groups in total. The summed E-state index contributed by atoms with van der Waals surface area (Å²) < 4.78 is 0. The van der Waals surface area contributed by atoms with Gasteiger partial charge in [-0.3, -0.25) is 0 Å². The molecule has 0 radical (unpaired) electrons. The van der Waals surface area contributed by atoms with Crippen LogP contribution in [0.15, 0.2) is 0 Å². The van der Waals surface area contributed by atoms with Crippen molar-refractivity contribution < 1.29 is 9.90 Å². The van der Waals surface area contributed by atoms with E-state index in [9.17, 15) is 4.79 Å². The van der Waals surface area contributed by atoms with E-state index in [1.54, 1.807) is 0 Å². The summed E-state index contributed by atoms with van der Waals surface area (Å²) in [6, 6.07) is 0. The van der Waals surface area contributed by atoms with Crippen LogP contribution in [-0.2, 0) is 6.42 Å². The number of aromatic amines is 1. The van der Waals surface area contributed by atoms with Crippen molar-refractivity contribution in [1.29, 1.82) is 0 Å². The first-order chi connectivity index (χ1) is 8.22. The zero-order valence-electron chi connectivity index (χ0n) is 10.3. The van der Waals surface area contributed by atoms with E-state index in [4.69, 9.17) is 5.11 Å². The normalized spacial score (nSPS) is 17.9. The minimum absolute atomic E-state index is 0.0982. The number of nitrogens with zero attached hydrogens (tertiary/aromatic N) is 1. The molecule has 0 saturated heterocycles. The second-order valence-corrected chi connectivity index (χ2v) is 4.80. The number of nitrogens with one attached hydrogen (secondary N) is 1. The van der Waals surface area contributed by atoms with E-state index in [0.717, 1.165) is 30.7 Å². The van der Waals surface area contributed by atoms with Gasteiger partial charge in [0, 0.05) is 11.6 Å². The maximum atomic E-state index is 10.9. The summed E-state index contributed by atoms with van der Waals surface area (Å²) >= 11 is 0. The van der Waals surface area contributed by atoms with Gasteiger partial charge in [-0.15, -0.1) is 0 Å². The van der Waals surface area contributed by atoms with Crippen molar-refractivity contribution in [2.24, 2.45) is 0 Å². The quantitative estimate of drug-likeness (QED) is 0.792. The topological polar surface area (TPSA) is 66.0 Å². The van der Waals surface area contributed by atoms with Gasteiger partial charge in [-0.1, -0.05) is 32.6 Å². The Morgan fingerprint density at radius 3 is 2.53 bits per heavy atom. The Labute approximate surface area is 101 Å². The summed E-state index contributed by atoms with van der Waals surface area (Å²) in [6.07, 6.45) is 8.20. The predicted molar refractivity (Wildman–Crippen MR) is 65.4 cm³/mol. The number of hydrogen-bond donors (Lipinski definition) is 2. The third kappa shape index (κ3) is 2.68. The number of aromatic carboxylic acids is 1. The second kappa shape index (κ2) is 5.34. The molecule has 1 saturated carbocycles. The largest absolute Gasteiger partial charge is 0.475 e. The van der Waals surface area contributed by atoms with Crippen molar-refractivity contribution in [2.45, 2.75) is 57.8 Å². The minimum Gasteiger partial charge on any atom is -0.475 e. The van der Waals surface area contributed by atoms with Crippen molar-refractivity contribution in [1.82, 2.24) is 9.97 Å². The summed E-state index contributed by atoms with van der Waals surface area (Å²) in [7, 11) is 0. The molecular formula is C13H20N2O2. The molecule has 4 heteroatoms. The average molecular weight is 236 g/mol. The summed E-state index contributed by atoms with van der Waals surface area (Å²) in [5.41, 5.74) is 2.01. The molecule has 0 amide bonds. The van der Waals surface area contributed by atoms with Crippen molar-refractivity contribution >= 4 is 5.97 Å². The zero-order valence-corrected chi connectivity index (χ0v) is 10.3. The first-order valence-electron chi connectivity index (χ1n) is 6.54. The van der Waals surface area contributed by atoms with Gasteiger partial charge >= 0.3 is 5.97 Å². The monoisotopic (exact) mass is 236 g/mol. The Hall–Kier alpha value is -1.32. The van der Waals surface area contributed by atoms with Gasteiger partial charge in [0.25, 0.3) is 0 Å². The molecule has 0 aliphatic heterocycles. The lowest BCUT2D eigenvalue weighted by Crippen LogP contribution is -2.02. The summed E-state index contributed by atoms with van der Waals surface area (Å²) in [6.45, 7) is 2.04. The summed E-state index contributed by atoms with van der Waals surface area (Å²) in [4.78, 5) is 18.2. The molecule has 4 nitrogen and oxygen atoms in total.